The summed E-state index contributed by atoms with van der Waals surface area (Å²) in [5.74, 6) is 0. The molecule has 0 spiro atoms. The molecule has 4 nitrogen and oxygen atoms in total. The number of anilines is 1. The van der Waals surface area contributed by atoms with Crippen LogP contribution in [0.1, 0.15) is 11.1 Å². The van der Waals surface area contributed by atoms with Crippen molar-refractivity contribution >= 4 is 11.7 Å². The maximum Gasteiger partial charge on any atom is 0.319 e. The highest BCUT2D eigenvalue weighted by Gasteiger charge is 2.04. The summed E-state index contributed by atoms with van der Waals surface area (Å²) in [7, 11) is 0. The first-order valence-corrected chi connectivity index (χ1v) is 4.87. The molecule has 0 aliphatic carbocycles. The number of carbonyl (C=O) groups is 1. The van der Waals surface area contributed by atoms with Gasteiger partial charge in [-0.05, 0) is 31.0 Å². The van der Waals surface area contributed by atoms with Gasteiger partial charge in [0.15, 0.2) is 0 Å². The predicted molar refractivity (Wildman–Crippen MR) is 60.0 cm³/mol. The van der Waals surface area contributed by atoms with Crippen LogP contribution in [0.2, 0.25) is 0 Å². The quantitative estimate of drug-likeness (QED) is 0.703. The molecule has 0 aliphatic rings. The van der Waals surface area contributed by atoms with E-state index in [0.29, 0.717) is 0 Å². The Balaban J connectivity index is 2.64. The third-order valence-corrected chi connectivity index (χ3v) is 2.25. The molecule has 1 aromatic rings. The largest absolute Gasteiger partial charge is 0.395 e. The van der Waals surface area contributed by atoms with Crippen LogP contribution in [0.15, 0.2) is 18.2 Å². The number of amides is 2. The van der Waals surface area contributed by atoms with Gasteiger partial charge in [-0.2, -0.15) is 0 Å². The molecule has 1 rings (SSSR count). The highest BCUT2D eigenvalue weighted by molar-refractivity contribution is 5.90. The van der Waals surface area contributed by atoms with Crippen LogP contribution < -0.4 is 10.6 Å². The summed E-state index contributed by atoms with van der Waals surface area (Å²) in [5, 5.41) is 13.8. The van der Waals surface area contributed by atoms with Gasteiger partial charge in [0, 0.05) is 12.2 Å². The van der Waals surface area contributed by atoms with Crippen LogP contribution in [0.3, 0.4) is 0 Å². The molecule has 0 atom stereocenters. The van der Waals surface area contributed by atoms with Crippen molar-refractivity contribution in [1.82, 2.24) is 5.32 Å². The van der Waals surface area contributed by atoms with E-state index in [-0.39, 0.29) is 19.2 Å². The Hall–Kier alpha value is -1.55. The highest BCUT2D eigenvalue weighted by atomic mass is 16.3. The van der Waals surface area contributed by atoms with Gasteiger partial charge < -0.3 is 15.7 Å². The van der Waals surface area contributed by atoms with Crippen molar-refractivity contribution in [2.24, 2.45) is 0 Å². The summed E-state index contributed by atoms with van der Waals surface area (Å²) in [5.41, 5.74) is 2.98. The molecule has 0 bridgehead atoms. The minimum absolute atomic E-state index is 0.0553. The van der Waals surface area contributed by atoms with Crippen LogP contribution in [-0.4, -0.2) is 24.3 Å². The lowest BCUT2D eigenvalue weighted by atomic mass is 10.1. The molecule has 0 saturated heterocycles. The van der Waals surface area contributed by atoms with Gasteiger partial charge in [0.05, 0.1) is 6.61 Å². The van der Waals surface area contributed by atoms with Gasteiger partial charge in [-0.3, -0.25) is 0 Å². The van der Waals surface area contributed by atoms with Gasteiger partial charge in [-0.15, -0.1) is 0 Å². The summed E-state index contributed by atoms with van der Waals surface area (Å²) in [6, 6.07) is 5.44. The number of nitrogens with one attached hydrogen (secondary N) is 2. The van der Waals surface area contributed by atoms with E-state index in [0.717, 1.165) is 16.8 Å². The topological polar surface area (TPSA) is 61.4 Å². The fourth-order valence-electron chi connectivity index (χ4n) is 1.22. The van der Waals surface area contributed by atoms with Crippen LogP contribution in [-0.2, 0) is 0 Å². The summed E-state index contributed by atoms with van der Waals surface area (Å²) in [4.78, 5) is 11.3. The molecule has 0 unspecified atom stereocenters. The molecule has 4 heteroatoms. The number of aliphatic hydroxyl groups excluding tert-OH is 1. The number of carbonyl (C=O) groups excluding carboxylic acids is 1. The average molecular weight is 208 g/mol. The fraction of sp³-hybridized carbons (Fsp3) is 0.364. The van der Waals surface area contributed by atoms with E-state index in [1.807, 2.05) is 32.0 Å². The Morgan fingerprint density at radius 3 is 2.80 bits per heavy atom. The predicted octanol–water partition coefficient (Wildman–Crippen LogP) is 1.42. The van der Waals surface area contributed by atoms with Crippen LogP contribution in [0, 0.1) is 13.8 Å². The minimum atomic E-state index is -0.294. The summed E-state index contributed by atoms with van der Waals surface area (Å²) in [6.45, 7) is 4.15. The maximum atomic E-state index is 11.3. The van der Waals surface area contributed by atoms with Crippen LogP contribution in [0.5, 0.6) is 0 Å². The Labute approximate surface area is 89.3 Å². The fourth-order valence-corrected chi connectivity index (χ4v) is 1.22. The lowest BCUT2D eigenvalue weighted by Crippen LogP contribution is -2.31. The van der Waals surface area contributed by atoms with Gasteiger partial charge in [0.25, 0.3) is 0 Å². The molecule has 0 aromatic heterocycles. The van der Waals surface area contributed by atoms with Gasteiger partial charge in [0.2, 0.25) is 0 Å². The number of hydrogen-bond acceptors (Lipinski definition) is 2. The van der Waals surface area contributed by atoms with Gasteiger partial charge in [0.1, 0.15) is 0 Å². The molecule has 3 N–H and O–H groups in total. The van der Waals surface area contributed by atoms with Crippen molar-refractivity contribution in [3.63, 3.8) is 0 Å². The standard InChI is InChI=1S/C11H16N2O2/c1-8-4-3-5-10(9(8)2)13-11(15)12-6-7-14/h3-5,14H,6-7H2,1-2H3,(H2,12,13,15). The van der Waals surface area contributed by atoms with E-state index in [1.54, 1.807) is 0 Å². The van der Waals surface area contributed by atoms with Crippen LogP contribution in [0.25, 0.3) is 0 Å². The Bertz CT molecular complexity index is 350. The van der Waals surface area contributed by atoms with Crippen molar-refractivity contribution in [3.8, 4) is 0 Å². The second-order valence-corrected chi connectivity index (χ2v) is 3.35. The van der Waals surface area contributed by atoms with Gasteiger partial charge >= 0.3 is 6.03 Å². The Morgan fingerprint density at radius 2 is 2.13 bits per heavy atom. The second kappa shape index (κ2) is 5.36. The van der Waals surface area contributed by atoms with Crippen molar-refractivity contribution in [2.75, 3.05) is 18.5 Å². The normalized spacial score (nSPS) is 9.80. The monoisotopic (exact) mass is 208 g/mol. The van der Waals surface area contributed by atoms with E-state index in [1.165, 1.54) is 0 Å². The zero-order valence-corrected chi connectivity index (χ0v) is 9.00. The zero-order chi connectivity index (χ0) is 11.3. The van der Waals surface area contributed by atoms with Crippen molar-refractivity contribution in [3.05, 3.63) is 29.3 Å². The van der Waals surface area contributed by atoms with Gasteiger partial charge in [-0.25, -0.2) is 4.79 Å². The zero-order valence-electron chi connectivity index (χ0n) is 9.00. The van der Waals surface area contributed by atoms with E-state index in [9.17, 15) is 4.79 Å². The van der Waals surface area contributed by atoms with E-state index in [4.69, 9.17) is 5.11 Å². The van der Waals surface area contributed by atoms with Crippen LogP contribution >= 0.6 is 0 Å². The smallest absolute Gasteiger partial charge is 0.319 e. The molecular formula is C11H16N2O2. The van der Waals surface area contributed by atoms with Crippen molar-refractivity contribution in [2.45, 2.75) is 13.8 Å². The number of aliphatic hydroxyl groups is 1. The SMILES string of the molecule is Cc1cccc(NC(=O)NCCO)c1C. The highest BCUT2D eigenvalue weighted by Crippen LogP contribution is 2.17. The molecule has 0 fully saturated rings. The third kappa shape index (κ3) is 3.25. The molecule has 15 heavy (non-hydrogen) atoms. The number of rotatable bonds is 3. The number of urea groups is 1. The number of aryl methyl sites for hydroxylation is 1. The third-order valence-electron chi connectivity index (χ3n) is 2.25. The van der Waals surface area contributed by atoms with Crippen molar-refractivity contribution < 1.29 is 9.90 Å². The number of benzene rings is 1. The van der Waals surface area contributed by atoms with Crippen LogP contribution in [0.4, 0.5) is 10.5 Å². The average Bonchev–Trinajstić information content (AvgIpc) is 2.22. The Kier molecular flexibility index (Phi) is 4.12. The summed E-state index contributed by atoms with van der Waals surface area (Å²) in [6.07, 6.45) is 0. The molecular weight excluding hydrogens is 192 g/mol. The summed E-state index contributed by atoms with van der Waals surface area (Å²) < 4.78 is 0. The molecule has 0 saturated carbocycles. The van der Waals surface area contributed by atoms with E-state index < -0.39 is 0 Å². The molecule has 0 aliphatic heterocycles. The lowest BCUT2D eigenvalue weighted by molar-refractivity contribution is 0.245. The lowest BCUT2D eigenvalue weighted by Gasteiger charge is -2.10. The second-order valence-electron chi connectivity index (χ2n) is 3.35. The summed E-state index contributed by atoms with van der Waals surface area (Å²) >= 11 is 0. The van der Waals surface area contributed by atoms with Gasteiger partial charge in [-0.1, -0.05) is 12.1 Å². The molecule has 82 valence electrons. The molecule has 2 amide bonds. The first-order chi connectivity index (χ1) is 7.15. The first kappa shape index (κ1) is 11.5. The molecule has 0 heterocycles. The maximum absolute atomic E-state index is 11.3. The molecule has 0 radical (unpaired) electrons. The van der Waals surface area contributed by atoms with Crippen molar-refractivity contribution in [1.29, 1.82) is 0 Å². The van der Waals surface area contributed by atoms with E-state index >= 15 is 0 Å². The molecule has 1 aromatic carbocycles. The van der Waals surface area contributed by atoms with E-state index in [2.05, 4.69) is 10.6 Å². The first-order valence-electron chi connectivity index (χ1n) is 4.87. The minimum Gasteiger partial charge on any atom is -0.395 e. The Morgan fingerprint density at radius 1 is 1.40 bits per heavy atom. The number of hydrogen-bond donors (Lipinski definition) is 3.